The van der Waals surface area contributed by atoms with Crippen LogP contribution in [0, 0.1) is 0 Å². The molecule has 0 radical (unpaired) electrons. The predicted octanol–water partition coefficient (Wildman–Crippen LogP) is 5.08. The molecule has 0 saturated carbocycles. The number of nitrogens with zero attached hydrogens (tertiary/aromatic N) is 3. The number of imide groups is 1. The van der Waals surface area contributed by atoms with Gasteiger partial charge in [0.2, 0.25) is 0 Å². The van der Waals surface area contributed by atoms with Gasteiger partial charge in [-0.3, -0.25) is 14.5 Å². The number of hydrogen-bond acceptors (Lipinski definition) is 7. The van der Waals surface area contributed by atoms with Gasteiger partial charge in [-0.15, -0.1) is 11.3 Å². The highest BCUT2D eigenvalue weighted by Crippen LogP contribution is 2.38. The molecule has 2 N–H and O–H groups in total. The van der Waals surface area contributed by atoms with Crippen molar-refractivity contribution in [2.45, 2.75) is 37.3 Å². The van der Waals surface area contributed by atoms with Crippen LogP contribution in [0.3, 0.4) is 0 Å². The fourth-order valence-electron chi connectivity index (χ4n) is 4.90. The van der Waals surface area contributed by atoms with E-state index < -0.39 is 0 Å². The van der Waals surface area contributed by atoms with Gasteiger partial charge in [-0.1, -0.05) is 36.0 Å². The summed E-state index contributed by atoms with van der Waals surface area (Å²) in [5.74, 6) is 0.813. The molecule has 1 aliphatic carbocycles. The Labute approximate surface area is 199 Å². The zero-order valence-electron chi connectivity index (χ0n) is 18.0. The Morgan fingerprint density at radius 3 is 2.45 bits per heavy atom. The third kappa shape index (κ3) is 3.40. The Morgan fingerprint density at radius 1 is 0.970 bits per heavy atom. The van der Waals surface area contributed by atoms with E-state index in [0.717, 1.165) is 33.8 Å². The van der Waals surface area contributed by atoms with E-state index in [0.29, 0.717) is 40.8 Å². The van der Waals surface area contributed by atoms with E-state index in [1.165, 1.54) is 39.9 Å². The first-order chi connectivity index (χ1) is 16.1. The molecule has 3 heterocycles. The van der Waals surface area contributed by atoms with Gasteiger partial charge in [0.15, 0.2) is 5.16 Å². The van der Waals surface area contributed by atoms with Gasteiger partial charge in [0.05, 0.1) is 5.39 Å². The first kappa shape index (κ1) is 20.6. The van der Waals surface area contributed by atoms with Crippen LogP contribution in [0.2, 0.25) is 0 Å². The topological polar surface area (TPSA) is 89.2 Å². The smallest absolute Gasteiger partial charge is 0.261 e. The summed E-state index contributed by atoms with van der Waals surface area (Å²) >= 11 is 3.26. The molecule has 6 nitrogen and oxygen atoms in total. The Balaban J connectivity index is 1.16. The quantitative estimate of drug-likeness (QED) is 0.188. The Hall–Kier alpha value is -2.97. The maximum Gasteiger partial charge on any atom is 0.261 e. The molecule has 2 aliphatic rings. The van der Waals surface area contributed by atoms with E-state index in [9.17, 15) is 9.59 Å². The lowest BCUT2D eigenvalue weighted by molar-refractivity contribution is 0.0611. The minimum atomic E-state index is -0.222. The van der Waals surface area contributed by atoms with Gasteiger partial charge in [-0.25, -0.2) is 9.97 Å². The number of nitrogen functional groups attached to an aromatic ring is 1. The average Bonchev–Trinajstić information content (AvgIpc) is 3.21. The van der Waals surface area contributed by atoms with Crippen LogP contribution in [0.25, 0.3) is 21.0 Å². The number of thioether (sulfide) groups is 1. The monoisotopic (exact) mass is 474 g/mol. The van der Waals surface area contributed by atoms with Gasteiger partial charge >= 0.3 is 0 Å². The maximum absolute atomic E-state index is 13.0. The van der Waals surface area contributed by atoms with E-state index in [-0.39, 0.29) is 11.8 Å². The first-order valence-corrected chi connectivity index (χ1v) is 13.0. The van der Waals surface area contributed by atoms with Crippen LogP contribution in [-0.2, 0) is 12.8 Å². The average molecular weight is 475 g/mol. The lowest BCUT2D eigenvalue weighted by Gasteiger charge is -2.27. The lowest BCUT2D eigenvalue weighted by atomic mass is 9.94. The molecule has 166 valence electrons. The normalized spacial score (nSPS) is 15.5. The summed E-state index contributed by atoms with van der Waals surface area (Å²) in [4.78, 5) is 39.1. The summed E-state index contributed by atoms with van der Waals surface area (Å²) in [7, 11) is 0. The third-order valence-corrected chi connectivity index (χ3v) is 8.55. The number of hydrogen-bond donors (Lipinski definition) is 1. The Morgan fingerprint density at radius 2 is 1.70 bits per heavy atom. The fraction of sp³-hybridized carbons (Fsp3) is 0.280. The molecule has 2 aromatic heterocycles. The van der Waals surface area contributed by atoms with Gasteiger partial charge in [-0.2, -0.15) is 0 Å². The minimum Gasteiger partial charge on any atom is -0.383 e. The number of amides is 2. The van der Waals surface area contributed by atoms with E-state index in [1.807, 2.05) is 24.3 Å². The number of thiophene rings is 1. The van der Waals surface area contributed by atoms with Gasteiger partial charge < -0.3 is 5.73 Å². The molecule has 2 amide bonds. The molecule has 8 heteroatoms. The highest BCUT2D eigenvalue weighted by Gasteiger charge is 2.32. The Bertz CT molecular complexity index is 1390. The number of benzene rings is 2. The fourth-order valence-corrected chi connectivity index (χ4v) is 7.00. The van der Waals surface area contributed by atoms with E-state index in [4.69, 9.17) is 10.7 Å². The molecule has 0 unspecified atom stereocenters. The van der Waals surface area contributed by atoms with E-state index in [2.05, 4.69) is 4.98 Å². The third-order valence-electron chi connectivity index (χ3n) is 6.44. The van der Waals surface area contributed by atoms with Crippen molar-refractivity contribution in [3.05, 3.63) is 58.0 Å². The summed E-state index contributed by atoms with van der Waals surface area (Å²) in [6.45, 7) is 0.362. The minimum absolute atomic E-state index is 0.222. The standard InChI is InChI=1S/C25H22N4O2S2/c26-21-20-15-8-1-2-11-18(15)33-22(20)28-25(27-21)32-13-5-12-29-23(30)16-9-3-6-14-7-4-10-17(19(14)16)24(29)31/h3-4,6-7,9-10H,1-2,5,8,11-13H2,(H2,26,27,28). The molecule has 1 aliphatic heterocycles. The summed E-state index contributed by atoms with van der Waals surface area (Å²) < 4.78 is 0. The summed E-state index contributed by atoms with van der Waals surface area (Å²) in [5, 5.41) is 3.38. The maximum atomic E-state index is 13.0. The number of aryl methyl sites for hydroxylation is 2. The van der Waals surface area contributed by atoms with E-state index >= 15 is 0 Å². The number of carbonyl (C=O) groups is 2. The molecule has 33 heavy (non-hydrogen) atoms. The van der Waals surface area contributed by atoms with Gasteiger partial charge in [0, 0.05) is 33.7 Å². The SMILES string of the molecule is Nc1nc(SCCCN2C(=O)c3cccc4cccc(c34)C2=O)nc2sc3c(c12)CCCC3. The predicted molar refractivity (Wildman–Crippen MR) is 133 cm³/mol. The number of aromatic nitrogens is 2. The van der Waals surface area contributed by atoms with Crippen LogP contribution in [0.5, 0.6) is 0 Å². The van der Waals surface area contributed by atoms with Crippen LogP contribution < -0.4 is 5.73 Å². The molecule has 0 spiro atoms. The van der Waals surface area contributed by atoms with Crippen LogP contribution in [0.4, 0.5) is 5.82 Å². The molecule has 0 atom stereocenters. The largest absolute Gasteiger partial charge is 0.383 e. The van der Waals surface area contributed by atoms with Crippen molar-refractivity contribution in [2.75, 3.05) is 18.0 Å². The van der Waals surface area contributed by atoms with Crippen molar-refractivity contribution < 1.29 is 9.59 Å². The van der Waals surface area contributed by atoms with Crippen LogP contribution in [-0.4, -0.2) is 39.0 Å². The van der Waals surface area contributed by atoms with Crippen molar-refractivity contribution in [3.8, 4) is 0 Å². The van der Waals surface area contributed by atoms with Gasteiger partial charge in [0.1, 0.15) is 10.6 Å². The molecule has 2 aromatic carbocycles. The van der Waals surface area contributed by atoms with Crippen molar-refractivity contribution in [2.24, 2.45) is 0 Å². The molecule has 6 rings (SSSR count). The number of anilines is 1. The molecule has 0 bridgehead atoms. The van der Waals surface area contributed by atoms with Crippen LogP contribution in [0.15, 0.2) is 41.6 Å². The Kier molecular flexibility index (Phi) is 5.07. The number of carbonyl (C=O) groups excluding carboxylic acids is 2. The second kappa shape index (κ2) is 8.11. The summed E-state index contributed by atoms with van der Waals surface area (Å²) in [6, 6.07) is 11.2. The van der Waals surface area contributed by atoms with Crippen molar-refractivity contribution in [1.82, 2.24) is 14.9 Å². The van der Waals surface area contributed by atoms with Crippen molar-refractivity contribution in [1.29, 1.82) is 0 Å². The summed E-state index contributed by atoms with van der Waals surface area (Å²) in [6.07, 6.45) is 5.24. The van der Waals surface area contributed by atoms with Crippen molar-refractivity contribution in [3.63, 3.8) is 0 Å². The lowest BCUT2D eigenvalue weighted by Crippen LogP contribution is -2.41. The molecule has 0 saturated heterocycles. The second-order valence-corrected chi connectivity index (χ2v) is 10.6. The van der Waals surface area contributed by atoms with Crippen LogP contribution >= 0.6 is 23.1 Å². The molecule has 0 fully saturated rings. The van der Waals surface area contributed by atoms with Gasteiger partial charge in [-0.05, 0) is 55.2 Å². The zero-order chi connectivity index (χ0) is 22.5. The second-order valence-electron chi connectivity index (χ2n) is 8.46. The highest BCUT2D eigenvalue weighted by molar-refractivity contribution is 7.99. The van der Waals surface area contributed by atoms with Crippen LogP contribution in [0.1, 0.15) is 50.4 Å². The number of fused-ring (bicyclic) bond motifs is 3. The molecule has 4 aromatic rings. The molecular weight excluding hydrogens is 452 g/mol. The van der Waals surface area contributed by atoms with Crippen molar-refractivity contribution >= 4 is 61.7 Å². The van der Waals surface area contributed by atoms with Gasteiger partial charge in [0.25, 0.3) is 11.8 Å². The zero-order valence-corrected chi connectivity index (χ0v) is 19.6. The molecular formula is C25H22N4O2S2. The summed E-state index contributed by atoms with van der Waals surface area (Å²) in [5.41, 5.74) is 8.84. The first-order valence-electron chi connectivity index (χ1n) is 11.2. The van der Waals surface area contributed by atoms with E-state index in [1.54, 1.807) is 23.5 Å². The highest BCUT2D eigenvalue weighted by atomic mass is 32.2. The number of nitrogens with two attached hydrogens (primary N) is 1. The number of rotatable bonds is 5.